The van der Waals surface area contributed by atoms with Gasteiger partial charge in [0.15, 0.2) is 0 Å². The molecule has 1 fully saturated rings. The Balaban J connectivity index is 3.72. The van der Waals surface area contributed by atoms with E-state index in [1.165, 1.54) is 0 Å². The summed E-state index contributed by atoms with van der Waals surface area (Å²) in [6, 6.07) is 0. The van der Waals surface area contributed by atoms with Crippen LogP contribution in [0.2, 0.25) is 0 Å². The van der Waals surface area contributed by atoms with Crippen molar-refractivity contribution in [3.05, 3.63) is 0 Å². The van der Waals surface area contributed by atoms with E-state index >= 15 is 0 Å². The molecule has 0 nitrogen and oxygen atoms in total. The zero-order valence-electron chi connectivity index (χ0n) is 15.0. The molecule has 0 heteroatoms. The summed E-state index contributed by atoms with van der Waals surface area (Å²) in [5.41, 5.74) is 0. The monoisotopic (exact) mass is 109 g/mol. The Bertz CT molecular complexity index is 249. The second-order valence-corrected chi connectivity index (χ2v) is 1.25. The van der Waals surface area contributed by atoms with Gasteiger partial charge in [-0.15, -0.1) is 0 Å². The van der Waals surface area contributed by atoms with Crippen LogP contribution in [0.5, 0.6) is 0 Å². The van der Waals surface area contributed by atoms with Crippen LogP contribution in [0.15, 0.2) is 0 Å². The topological polar surface area (TPSA) is 0 Å². The lowest BCUT2D eigenvalue weighted by Crippen LogP contribution is -1.99. The van der Waals surface area contributed by atoms with Gasteiger partial charge in [-0.3, -0.25) is 0 Å². The van der Waals surface area contributed by atoms with Crippen molar-refractivity contribution in [1.82, 2.24) is 0 Å². The van der Waals surface area contributed by atoms with Crippen LogP contribution in [0.4, 0.5) is 0 Å². The van der Waals surface area contributed by atoms with Crippen molar-refractivity contribution in [3.8, 4) is 0 Å². The molecule has 1 aliphatic carbocycles. The highest BCUT2D eigenvalue weighted by Gasteiger charge is 2.05. The van der Waals surface area contributed by atoms with Crippen molar-refractivity contribution in [3.63, 3.8) is 0 Å². The Morgan fingerprint density at radius 2 is 2.00 bits per heavy atom. The van der Waals surface area contributed by atoms with Crippen molar-refractivity contribution < 1.29 is 15.1 Å². The number of hydrogen-bond donors (Lipinski definition) is 0. The average Bonchev–Trinajstić information content (AvgIpc) is 2.14. The Labute approximate surface area is 61.4 Å². The molecule has 0 spiro atoms. The van der Waals surface area contributed by atoms with Gasteiger partial charge in [-0.1, -0.05) is 38.8 Å². The summed E-state index contributed by atoms with van der Waals surface area (Å²) in [6.45, 7) is 0.748. The van der Waals surface area contributed by atoms with E-state index in [9.17, 15) is 0 Å². The molecule has 0 unspecified atom stereocenters. The predicted octanol–water partition coefficient (Wildman–Crippen LogP) is 2.59. The SMILES string of the molecule is [2H]C1([2H])C([2H])([2H])C([2H])([2H])C([2H])(C)C([2H])([2H])C1([2H])[2H]. The standard InChI is InChI=1S/C7H14/c1-7-5-3-2-4-6-7/h7H,2-6H2,1H3/i2D2,3D2,4D2,5D2,6D2,7D. The Morgan fingerprint density at radius 3 is 2.57 bits per heavy atom. The van der Waals surface area contributed by atoms with Crippen molar-refractivity contribution >= 4 is 0 Å². The van der Waals surface area contributed by atoms with E-state index < -0.39 is 37.8 Å². The molecule has 0 aromatic carbocycles. The van der Waals surface area contributed by atoms with E-state index in [2.05, 4.69) is 0 Å². The molecule has 0 N–H and O–H groups in total. The largest absolute Gasteiger partial charge is 0.0625 e. The first kappa shape index (κ1) is 0.778. The van der Waals surface area contributed by atoms with Gasteiger partial charge in [-0.25, -0.2) is 0 Å². The highest BCUT2D eigenvalue weighted by atomic mass is 14.1. The van der Waals surface area contributed by atoms with E-state index in [1.54, 1.807) is 0 Å². The molecule has 0 aliphatic heterocycles. The van der Waals surface area contributed by atoms with Crippen LogP contribution in [-0.2, 0) is 0 Å². The zero-order valence-corrected chi connectivity index (χ0v) is 4.00. The molecule has 42 valence electrons. The molecule has 0 saturated heterocycles. The van der Waals surface area contributed by atoms with Crippen LogP contribution in [0, 0.1) is 5.89 Å². The maximum Gasteiger partial charge on any atom is 0.0300 e. The van der Waals surface area contributed by atoms with E-state index in [0.29, 0.717) is 0 Å². The van der Waals surface area contributed by atoms with Crippen molar-refractivity contribution in [2.24, 2.45) is 5.89 Å². The fourth-order valence-corrected chi connectivity index (χ4v) is 0.312. The minimum absolute atomic E-state index is 0.748. The summed E-state index contributed by atoms with van der Waals surface area (Å²) in [4.78, 5) is 0. The van der Waals surface area contributed by atoms with Gasteiger partial charge in [0.1, 0.15) is 0 Å². The summed E-state index contributed by atoms with van der Waals surface area (Å²) in [7, 11) is 0. The average molecular weight is 109 g/mol. The lowest BCUT2D eigenvalue weighted by molar-refractivity contribution is 0.385. The molecule has 0 heterocycles. The summed E-state index contributed by atoms with van der Waals surface area (Å²) in [6.07, 6.45) is -16.5. The zero-order chi connectivity index (χ0) is 15.0. The molecule has 1 saturated carbocycles. The van der Waals surface area contributed by atoms with Crippen LogP contribution in [-0.4, -0.2) is 0 Å². The molecular formula is C7H14. The first-order valence-electron chi connectivity index (χ1n) is 7.50. The van der Waals surface area contributed by atoms with Crippen LogP contribution < -0.4 is 0 Å². The smallest absolute Gasteiger partial charge is 0.0300 e. The Morgan fingerprint density at radius 1 is 1.43 bits per heavy atom. The molecule has 1 aliphatic rings. The fourth-order valence-electron chi connectivity index (χ4n) is 0.312. The van der Waals surface area contributed by atoms with Crippen LogP contribution >= 0.6 is 0 Å². The second-order valence-electron chi connectivity index (χ2n) is 1.25. The second kappa shape index (κ2) is 2.34. The van der Waals surface area contributed by atoms with Gasteiger partial charge in [0.05, 0.1) is 0 Å². The van der Waals surface area contributed by atoms with Gasteiger partial charge in [0.2, 0.25) is 0 Å². The van der Waals surface area contributed by atoms with Gasteiger partial charge in [0.25, 0.3) is 0 Å². The van der Waals surface area contributed by atoms with Crippen molar-refractivity contribution in [2.75, 3.05) is 0 Å². The minimum atomic E-state index is -3.41. The van der Waals surface area contributed by atoms with Gasteiger partial charge in [-0.2, -0.15) is 0 Å². The van der Waals surface area contributed by atoms with Crippen molar-refractivity contribution in [2.45, 2.75) is 38.8 Å². The maximum atomic E-state index is 7.72. The molecule has 1 rings (SSSR count). The molecule has 0 bridgehead atoms. The van der Waals surface area contributed by atoms with Gasteiger partial charge >= 0.3 is 0 Å². The Hall–Kier alpha value is 0. The van der Waals surface area contributed by atoms with E-state index in [-0.39, 0.29) is 0 Å². The molecule has 7 heavy (non-hydrogen) atoms. The summed E-state index contributed by atoms with van der Waals surface area (Å²) >= 11 is 0. The van der Waals surface area contributed by atoms with Gasteiger partial charge in [-0.05, 0) is 5.89 Å². The van der Waals surface area contributed by atoms with Crippen molar-refractivity contribution in [1.29, 1.82) is 0 Å². The molecule has 0 amide bonds. The van der Waals surface area contributed by atoms with Crippen LogP contribution in [0.1, 0.15) is 53.9 Å². The summed E-state index contributed by atoms with van der Waals surface area (Å²) in [5, 5.41) is 0. The lowest BCUT2D eigenvalue weighted by Gasteiger charge is -2.15. The summed E-state index contributed by atoms with van der Waals surface area (Å²) in [5.74, 6) is -2.78. The first-order valence-corrected chi connectivity index (χ1v) is 2.00. The Kier molecular flexibility index (Phi) is 0.260. The molecule has 0 aromatic rings. The quantitative estimate of drug-likeness (QED) is 0.448. The highest BCUT2D eigenvalue weighted by Crippen LogP contribution is 2.21. The van der Waals surface area contributed by atoms with Crippen LogP contribution in [0.25, 0.3) is 0 Å². The third-order valence-electron chi connectivity index (χ3n) is 0.625. The molecule has 0 atom stereocenters. The molecular weight excluding hydrogens is 84.1 g/mol. The van der Waals surface area contributed by atoms with E-state index in [4.69, 9.17) is 15.1 Å². The molecule has 0 radical (unpaired) electrons. The first-order chi connectivity index (χ1) is 7.50. The van der Waals surface area contributed by atoms with E-state index in [0.717, 1.165) is 6.92 Å². The van der Waals surface area contributed by atoms with E-state index in [1.807, 2.05) is 0 Å². The van der Waals surface area contributed by atoms with Gasteiger partial charge < -0.3 is 0 Å². The normalized spacial score (nSPS) is 89.0. The number of rotatable bonds is 0. The lowest BCUT2D eigenvalue weighted by atomic mass is 9.91. The van der Waals surface area contributed by atoms with Crippen LogP contribution in [0.3, 0.4) is 0 Å². The maximum absolute atomic E-state index is 7.72. The third-order valence-corrected chi connectivity index (χ3v) is 0.625. The fraction of sp³-hybridized carbons (Fsp3) is 1.00. The van der Waals surface area contributed by atoms with Gasteiger partial charge in [0, 0.05) is 15.1 Å². The summed E-state index contributed by atoms with van der Waals surface area (Å²) < 4.78 is 83.0. The number of hydrogen-bond acceptors (Lipinski definition) is 0. The minimum Gasteiger partial charge on any atom is -0.0625 e. The third kappa shape index (κ3) is 1.50. The highest BCUT2D eigenvalue weighted by molar-refractivity contribution is 4.59. The molecule has 0 aromatic heterocycles. The predicted molar refractivity (Wildman–Crippen MR) is 32.2 cm³/mol.